The van der Waals surface area contributed by atoms with E-state index in [9.17, 15) is 68.1 Å². The molecular formula is C60H97N17O14S2. The molecule has 0 saturated carbocycles. The van der Waals surface area contributed by atoms with E-state index < -0.39 is 150 Å². The number of unbranched alkanes of at least 4 members (excludes halogenated alkanes) is 1. The molecule has 93 heavy (non-hydrogen) atoms. The number of nitrogens with zero attached hydrogens (tertiary/aromatic N) is 2. The number of rotatable bonds is 44. The van der Waals surface area contributed by atoms with Gasteiger partial charge in [0, 0.05) is 42.2 Å². The molecule has 0 aliphatic heterocycles. The molecule has 10 amide bonds. The van der Waals surface area contributed by atoms with Gasteiger partial charge in [0.2, 0.25) is 64.2 Å². The van der Waals surface area contributed by atoms with Crippen molar-refractivity contribution in [3.63, 3.8) is 0 Å². The SMILES string of the molecule is CCCC[C@H](NC(=O)CC(C)(C)SC(=O)CNC(=O)[C@H](Cc1ccccc1)NC(=O)[C@H](CSCc1ccc(C)cc1)NC(=O)[C@H](CO)NC(=O)[C@H](CO)NC(=O)[C@H](CCCN=C(N)N)NC(=O)[C@H](CCCN=C(N)N)NC(=O)[C@H](CC(C)C)NC(=O)[C@@H](N)CO)C(N)=O. The topological polar surface area (TPSA) is 538 Å². The van der Waals surface area contributed by atoms with Crippen LogP contribution in [0.15, 0.2) is 64.6 Å². The third-order valence-corrected chi connectivity index (χ3v) is 16.0. The molecule has 2 rings (SSSR count). The normalized spacial score (nSPS) is 14.1. The van der Waals surface area contributed by atoms with Gasteiger partial charge in [-0.3, -0.25) is 62.7 Å². The van der Waals surface area contributed by atoms with Gasteiger partial charge in [-0.1, -0.05) is 106 Å². The van der Waals surface area contributed by atoms with Gasteiger partial charge in [0.25, 0.3) is 0 Å². The molecule has 0 heterocycles. The first-order chi connectivity index (χ1) is 43.9. The van der Waals surface area contributed by atoms with Crippen molar-refractivity contribution < 1.29 is 68.1 Å². The predicted octanol–water partition coefficient (Wildman–Crippen LogP) is -3.97. The molecular weight excluding hydrogens is 1250 g/mol. The predicted molar refractivity (Wildman–Crippen MR) is 354 cm³/mol. The van der Waals surface area contributed by atoms with Crippen LogP contribution in [-0.2, 0) is 64.9 Å². The minimum absolute atomic E-state index is 0.00973. The van der Waals surface area contributed by atoms with Crippen LogP contribution in [0.4, 0.5) is 0 Å². The lowest BCUT2D eigenvalue weighted by molar-refractivity contribution is -0.136. The number of hydrogen-bond donors (Lipinski definition) is 18. The zero-order chi connectivity index (χ0) is 69.8. The third kappa shape index (κ3) is 32.8. The molecule has 2 aromatic carbocycles. The van der Waals surface area contributed by atoms with Crippen LogP contribution in [0.1, 0.15) is 109 Å². The van der Waals surface area contributed by atoms with Gasteiger partial charge in [-0.15, -0.1) is 0 Å². The molecule has 9 atom stereocenters. The second kappa shape index (κ2) is 42.9. The van der Waals surface area contributed by atoms with Crippen molar-refractivity contribution in [2.45, 2.75) is 171 Å². The Labute approximate surface area is 550 Å². The maximum Gasteiger partial charge on any atom is 0.245 e. The largest absolute Gasteiger partial charge is 0.394 e. The Morgan fingerprint density at radius 3 is 1.48 bits per heavy atom. The fourth-order valence-electron chi connectivity index (χ4n) is 8.84. The molecule has 24 N–H and O–H groups in total. The first kappa shape index (κ1) is 81.0. The second-order valence-electron chi connectivity index (χ2n) is 23.1. The lowest BCUT2D eigenvalue weighted by Crippen LogP contribution is -2.61. The first-order valence-electron chi connectivity index (χ1n) is 30.5. The lowest BCUT2D eigenvalue weighted by atomic mass is 10.0. The van der Waals surface area contributed by atoms with Crippen molar-refractivity contribution in [3.8, 4) is 0 Å². The molecule has 0 unspecified atom stereocenters. The standard InChI is InChI=1S/C60H97N17O14S2/c1-7-8-16-39(49(62)83)70-47(81)27-60(5,6)93-48(82)28-69-51(85)43(26-36-14-10-9-11-15-36)74-57(91)46(33-92-32-37-21-19-35(4)20-22-37)77-56(90)45(31-80)76-55(89)44(30-79)75-53(87)41(18-13-24-68-59(65)66)71-52(86)40(17-12-23-67-58(63)64)72-54(88)42(25-34(2)3)73-50(84)38(61)29-78/h9-11,14-15,19-22,34,38-46,78-80H,7-8,12-13,16-18,23-33,61H2,1-6H3,(H2,62,83)(H,69,85)(H,70,81)(H,71,86)(H,72,88)(H,73,84)(H,74,91)(H,75,87)(H,76,89)(H,77,90)(H4,63,64,67)(H4,65,66,68)/t38-,39-,40-,41-,42-,43-,44-,45-,46-/m0/s1. The van der Waals surface area contributed by atoms with Crippen molar-refractivity contribution in [3.05, 3.63) is 71.3 Å². The van der Waals surface area contributed by atoms with Gasteiger partial charge in [0.15, 0.2) is 11.9 Å². The van der Waals surface area contributed by atoms with E-state index in [0.29, 0.717) is 24.2 Å². The number of carbonyl (C=O) groups is 11. The Kier molecular flexibility index (Phi) is 37.4. The molecule has 0 bridgehead atoms. The van der Waals surface area contributed by atoms with Crippen molar-refractivity contribution in [1.82, 2.24) is 47.9 Å². The fourth-order valence-corrected chi connectivity index (χ4v) is 10.8. The average Bonchev–Trinajstić information content (AvgIpc) is 1.50. The molecule has 33 heteroatoms. The number of nitrogens with one attached hydrogen (secondary N) is 9. The minimum atomic E-state index is -1.86. The summed E-state index contributed by atoms with van der Waals surface area (Å²) in [4.78, 5) is 158. The summed E-state index contributed by atoms with van der Waals surface area (Å²) in [7, 11) is 0. The van der Waals surface area contributed by atoms with Crippen LogP contribution in [0.2, 0.25) is 0 Å². The number of benzene rings is 2. The lowest BCUT2D eigenvalue weighted by Gasteiger charge is -2.27. The van der Waals surface area contributed by atoms with Crippen LogP contribution >= 0.6 is 23.5 Å². The number of aryl methyl sites for hydroxylation is 1. The smallest absolute Gasteiger partial charge is 0.245 e. The van der Waals surface area contributed by atoms with E-state index in [-0.39, 0.29) is 81.6 Å². The highest BCUT2D eigenvalue weighted by Crippen LogP contribution is 2.29. The van der Waals surface area contributed by atoms with Gasteiger partial charge in [-0.05, 0) is 76.3 Å². The molecule has 0 aliphatic rings. The maximum absolute atomic E-state index is 14.5. The Morgan fingerprint density at radius 2 is 1.00 bits per heavy atom. The molecule has 31 nitrogen and oxygen atoms in total. The van der Waals surface area contributed by atoms with Crippen LogP contribution in [0.5, 0.6) is 0 Å². The fraction of sp³-hybridized carbons (Fsp3) is 0.583. The Morgan fingerprint density at radius 1 is 0.538 bits per heavy atom. The van der Waals surface area contributed by atoms with Crippen molar-refractivity contribution >= 4 is 99.6 Å². The molecule has 0 saturated heterocycles. The minimum Gasteiger partial charge on any atom is -0.394 e. The highest BCUT2D eigenvalue weighted by Gasteiger charge is 2.36. The summed E-state index contributed by atoms with van der Waals surface area (Å²) in [5.74, 6) is -9.28. The number of guanidine groups is 2. The second-order valence-corrected chi connectivity index (χ2v) is 25.9. The number of aliphatic hydroxyl groups excluding tert-OH is 3. The number of carbonyl (C=O) groups excluding carboxylic acids is 11. The van der Waals surface area contributed by atoms with Gasteiger partial charge < -0.3 is 97.6 Å². The van der Waals surface area contributed by atoms with Crippen LogP contribution in [0.3, 0.4) is 0 Å². The third-order valence-electron chi connectivity index (χ3n) is 13.8. The maximum atomic E-state index is 14.5. The quantitative estimate of drug-likeness (QED) is 0.0171. The van der Waals surface area contributed by atoms with Gasteiger partial charge in [0.05, 0.1) is 26.4 Å². The van der Waals surface area contributed by atoms with Crippen molar-refractivity contribution in [2.75, 3.05) is 45.2 Å². The highest BCUT2D eigenvalue weighted by atomic mass is 32.2. The number of amides is 10. The summed E-state index contributed by atoms with van der Waals surface area (Å²) >= 11 is 2.02. The number of aliphatic hydroxyl groups is 3. The van der Waals surface area contributed by atoms with Gasteiger partial charge in [0.1, 0.15) is 54.4 Å². The van der Waals surface area contributed by atoms with E-state index in [1.54, 1.807) is 58.0 Å². The zero-order valence-electron chi connectivity index (χ0n) is 53.7. The Bertz CT molecular complexity index is 2830. The average molecular weight is 1340 g/mol. The van der Waals surface area contributed by atoms with Gasteiger partial charge in [-0.2, -0.15) is 11.8 Å². The van der Waals surface area contributed by atoms with Gasteiger partial charge in [-0.25, -0.2) is 0 Å². The van der Waals surface area contributed by atoms with Crippen LogP contribution in [-0.4, -0.2) is 196 Å². The van der Waals surface area contributed by atoms with E-state index in [0.717, 1.165) is 29.3 Å². The summed E-state index contributed by atoms with van der Waals surface area (Å²) in [5, 5.41) is 52.7. The molecule has 0 aliphatic carbocycles. The monoisotopic (exact) mass is 1340 g/mol. The number of thioether (sulfide) groups is 2. The molecule has 0 fully saturated rings. The summed E-state index contributed by atoms with van der Waals surface area (Å²) in [6.45, 7) is 7.21. The van der Waals surface area contributed by atoms with Crippen molar-refractivity contribution in [1.29, 1.82) is 0 Å². The van der Waals surface area contributed by atoms with Crippen LogP contribution in [0.25, 0.3) is 0 Å². The zero-order valence-corrected chi connectivity index (χ0v) is 55.3. The van der Waals surface area contributed by atoms with Crippen LogP contribution in [0, 0.1) is 12.8 Å². The Hall–Kier alpha value is -8.11. The van der Waals surface area contributed by atoms with E-state index in [1.165, 1.54) is 11.8 Å². The van der Waals surface area contributed by atoms with E-state index in [1.807, 2.05) is 38.1 Å². The molecule has 518 valence electrons. The summed E-state index contributed by atoms with van der Waals surface area (Å²) in [6, 6.07) is 3.18. The number of aliphatic imine (C=N–C) groups is 2. The summed E-state index contributed by atoms with van der Waals surface area (Å²) in [5.41, 5.74) is 35.6. The summed E-state index contributed by atoms with van der Waals surface area (Å²) in [6.07, 6.45) is 1.43. The molecule has 2 aromatic rings. The van der Waals surface area contributed by atoms with Gasteiger partial charge >= 0.3 is 0 Å². The van der Waals surface area contributed by atoms with E-state index >= 15 is 0 Å². The van der Waals surface area contributed by atoms with Crippen LogP contribution < -0.4 is 82.3 Å². The number of nitrogens with two attached hydrogens (primary N) is 6. The Balaban J connectivity index is 2.44. The molecule has 0 radical (unpaired) electrons. The highest BCUT2D eigenvalue weighted by molar-refractivity contribution is 8.14. The van der Waals surface area contributed by atoms with Crippen molar-refractivity contribution in [2.24, 2.45) is 50.3 Å². The van der Waals surface area contributed by atoms with E-state index in [2.05, 4.69) is 57.8 Å². The first-order valence-corrected chi connectivity index (χ1v) is 32.5. The van der Waals surface area contributed by atoms with E-state index in [4.69, 9.17) is 34.4 Å². The number of hydrogen-bond acceptors (Lipinski definition) is 19. The molecule has 0 spiro atoms. The number of primary amides is 1. The molecule has 0 aromatic heterocycles. The summed E-state index contributed by atoms with van der Waals surface area (Å²) < 4.78 is -0.997.